The van der Waals surface area contributed by atoms with E-state index in [1.165, 1.54) is 0 Å². The number of likely N-dealkylation sites (tertiary alicyclic amines) is 1. The van der Waals surface area contributed by atoms with Crippen molar-refractivity contribution in [1.29, 1.82) is 0 Å². The number of hydrogen-bond acceptors (Lipinski definition) is 5. The molecule has 1 aliphatic heterocycles. The SMILES string of the molecule is CCNC(=NCC(C)(C)NS(C)(=O)=O)N1CCC(C(=O)OCC)CC1. The topological polar surface area (TPSA) is 100 Å². The predicted molar refractivity (Wildman–Crippen MR) is 99.0 cm³/mol. The van der Waals surface area contributed by atoms with Gasteiger partial charge in [0.25, 0.3) is 0 Å². The molecule has 0 radical (unpaired) electrons. The average Bonchev–Trinajstić information content (AvgIpc) is 2.49. The number of ether oxygens (including phenoxy) is 1. The van der Waals surface area contributed by atoms with Crippen molar-refractivity contribution in [2.45, 2.75) is 46.1 Å². The highest BCUT2D eigenvalue weighted by Crippen LogP contribution is 2.19. The Morgan fingerprint density at radius 2 is 1.88 bits per heavy atom. The molecule has 9 heteroatoms. The van der Waals surface area contributed by atoms with Crippen LogP contribution >= 0.6 is 0 Å². The fourth-order valence-electron chi connectivity index (χ4n) is 2.82. The zero-order valence-corrected chi connectivity index (χ0v) is 16.8. The van der Waals surface area contributed by atoms with Gasteiger partial charge in [-0.1, -0.05) is 0 Å². The summed E-state index contributed by atoms with van der Waals surface area (Å²) in [7, 11) is -3.29. The number of sulfonamides is 1. The largest absolute Gasteiger partial charge is 0.466 e. The first-order chi connectivity index (χ1) is 11.6. The molecule has 1 fully saturated rings. The van der Waals surface area contributed by atoms with Gasteiger partial charge in [-0.3, -0.25) is 9.79 Å². The Bertz CT molecular complexity index is 567. The number of carbonyl (C=O) groups excluding carboxylic acids is 1. The molecule has 1 rings (SSSR count). The number of nitrogens with zero attached hydrogens (tertiary/aromatic N) is 2. The lowest BCUT2D eigenvalue weighted by Gasteiger charge is -2.34. The Hall–Kier alpha value is -1.35. The van der Waals surface area contributed by atoms with Gasteiger partial charge in [-0.25, -0.2) is 13.1 Å². The van der Waals surface area contributed by atoms with Crippen LogP contribution in [-0.2, 0) is 19.6 Å². The predicted octanol–water partition coefficient (Wildman–Crippen LogP) is 0.555. The molecule has 1 saturated heterocycles. The number of nitrogens with one attached hydrogen (secondary N) is 2. The summed E-state index contributed by atoms with van der Waals surface area (Å²) in [6.07, 6.45) is 2.60. The number of piperidine rings is 1. The van der Waals surface area contributed by atoms with E-state index >= 15 is 0 Å². The highest BCUT2D eigenvalue weighted by Gasteiger charge is 2.28. The van der Waals surface area contributed by atoms with E-state index in [2.05, 4.69) is 19.9 Å². The van der Waals surface area contributed by atoms with Gasteiger partial charge in [0.2, 0.25) is 10.0 Å². The van der Waals surface area contributed by atoms with Crippen LogP contribution in [0.25, 0.3) is 0 Å². The maximum Gasteiger partial charge on any atom is 0.309 e. The van der Waals surface area contributed by atoms with Crippen LogP contribution in [0.4, 0.5) is 0 Å². The molecule has 2 N–H and O–H groups in total. The summed E-state index contributed by atoms with van der Waals surface area (Å²) in [5.41, 5.74) is -0.669. The summed E-state index contributed by atoms with van der Waals surface area (Å²) in [6, 6.07) is 0. The Balaban J connectivity index is 2.69. The van der Waals surface area contributed by atoms with Gasteiger partial charge in [0.05, 0.1) is 25.3 Å². The van der Waals surface area contributed by atoms with E-state index in [-0.39, 0.29) is 11.9 Å². The molecule has 0 amide bonds. The van der Waals surface area contributed by atoms with E-state index in [9.17, 15) is 13.2 Å². The molecule has 0 aromatic heterocycles. The van der Waals surface area contributed by atoms with Gasteiger partial charge in [-0.15, -0.1) is 0 Å². The van der Waals surface area contributed by atoms with Gasteiger partial charge < -0.3 is 15.0 Å². The molecule has 146 valence electrons. The number of rotatable bonds is 7. The average molecular weight is 377 g/mol. The first kappa shape index (κ1) is 21.7. The number of guanidine groups is 1. The van der Waals surface area contributed by atoms with Crippen molar-refractivity contribution in [3.63, 3.8) is 0 Å². The van der Waals surface area contributed by atoms with E-state index < -0.39 is 15.6 Å². The van der Waals surface area contributed by atoms with Crippen LogP contribution in [0.2, 0.25) is 0 Å². The molecular weight excluding hydrogens is 344 g/mol. The minimum absolute atomic E-state index is 0.0533. The first-order valence-electron chi connectivity index (χ1n) is 8.77. The standard InChI is InChI=1S/C16H32N4O4S/c1-6-17-15(18-12-16(3,4)19-25(5,22)23)20-10-8-13(9-11-20)14(21)24-7-2/h13,19H,6-12H2,1-5H3,(H,17,18). The molecule has 0 aromatic rings. The molecule has 0 aromatic carbocycles. The summed E-state index contributed by atoms with van der Waals surface area (Å²) >= 11 is 0. The Morgan fingerprint density at radius 1 is 1.28 bits per heavy atom. The third-order valence-electron chi connectivity index (χ3n) is 3.84. The van der Waals surface area contributed by atoms with Crippen LogP contribution in [0, 0.1) is 5.92 Å². The smallest absolute Gasteiger partial charge is 0.309 e. The number of esters is 1. The zero-order chi connectivity index (χ0) is 19.1. The van der Waals surface area contributed by atoms with Gasteiger partial charge in [0.1, 0.15) is 0 Å². The zero-order valence-electron chi connectivity index (χ0n) is 16.0. The highest BCUT2D eigenvalue weighted by molar-refractivity contribution is 7.88. The maximum absolute atomic E-state index is 11.8. The van der Waals surface area contributed by atoms with E-state index in [1.54, 1.807) is 13.8 Å². The van der Waals surface area contributed by atoms with E-state index in [0.717, 1.165) is 44.7 Å². The van der Waals surface area contributed by atoms with Crippen LogP contribution in [0.5, 0.6) is 0 Å². The quantitative estimate of drug-likeness (QED) is 0.382. The molecule has 0 spiro atoms. The fraction of sp³-hybridized carbons (Fsp3) is 0.875. The van der Waals surface area contributed by atoms with Crippen molar-refractivity contribution in [1.82, 2.24) is 14.9 Å². The van der Waals surface area contributed by atoms with Crippen LogP contribution in [0.15, 0.2) is 4.99 Å². The van der Waals surface area contributed by atoms with Crippen LogP contribution in [0.1, 0.15) is 40.5 Å². The van der Waals surface area contributed by atoms with Gasteiger partial charge >= 0.3 is 5.97 Å². The summed E-state index contributed by atoms with van der Waals surface area (Å²) in [6.45, 7) is 10.3. The van der Waals surface area contributed by atoms with Gasteiger partial charge in [0.15, 0.2) is 5.96 Å². The number of hydrogen-bond donors (Lipinski definition) is 2. The van der Waals surface area contributed by atoms with Crippen molar-refractivity contribution in [3.05, 3.63) is 0 Å². The van der Waals surface area contributed by atoms with Crippen LogP contribution < -0.4 is 10.0 Å². The lowest BCUT2D eigenvalue weighted by atomic mass is 9.97. The molecule has 0 saturated carbocycles. The Kier molecular flexibility index (Phi) is 8.14. The van der Waals surface area contributed by atoms with E-state index in [4.69, 9.17) is 4.74 Å². The van der Waals surface area contributed by atoms with E-state index in [0.29, 0.717) is 13.2 Å². The molecule has 0 atom stereocenters. The lowest BCUT2D eigenvalue weighted by molar-refractivity contribution is -0.149. The second-order valence-electron chi connectivity index (χ2n) is 6.94. The molecule has 1 aliphatic rings. The van der Waals surface area contributed by atoms with Crippen LogP contribution in [0.3, 0.4) is 0 Å². The Morgan fingerprint density at radius 3 is 2.36 bits per heavy atom. The second-order valence-corrected chi connectivity index (χ2v) is 8.69. The van der Waals surface area contributed by atoms with Crippen LogP contribution in [-0.4, -0.2) is 69.8 Å². The summed E-state index contributed by atoms with van der Waals surface area (Å²) < 4.78 is 30.6. The second kappa shape index (κ2) is 9.38. The maximum atomic E-state index is 11.8. The molecule has 0 unspecified atom stereocenters. The molecule has 1 heterocycles. The van der Waals surface area contributed by atoms with Gasteiger partial charge in [-0.2, -0.15) is 0 Å². The number of carbonyl (C=O) groups is 1. The summed E-state index contributed by atoms with van der Waals surface area (Å²) in [5.74, 6) is 0.568. The van der Waals surface area contributed by atoms with Crippen molar-refractivity contribution in [2.75, 3.05) is 39.0 Å². The molecule has 0 bridgehead atoms. The third kappa shape index (κ3) is 8.04. The molecule has 0 aliphatic carbocycles. The first-order valence-corrected chi connectivity index (χ1v) is 10.7. The van der Waals surface area contributed by atoms with Crippen molar-refractivity contribution in [3.8, 4) is 0 Å². The summed E-state index contributed by atoms with van der Waals surface area (Å²) in [4.78, 5) is 18.5. The Labute approximate surface area is 151 Å². The molecular formula is C16H32N4O4S. The minimum Gasteiger partial charge on any atom is -0.466 e. The fourth-order valence-corrected chi connectivity index (χ4v) is 3.89. The number of aliphatic imine (C=N–C) groups is 1. The lowest BCUT2D eigenvalue weighted by Crippen LogP contribution is -2.49. The van der Waals surface area contributed by atoms with Gasteiger partial charge in [-0.05, 0) is 40.5 Å². The molecule has 8 nitrogen and oxygen atoms in total. The van der Waals surface area contributed by atoms with E-state index in [1.807, 2.05) is 13.8 Å². The van der Waals surface area contributed by atoms with Crippen molar-refractivity contribution < 1.29 is 17.9 Å². The minimum atomic E-state index is -3.29. The summed E-state index contributed by atoms with van der Waals surface area (Å²) in [5, 5.41) is 3.24. The van der Waals surface area contributed by atoms with Gasteiger partial charge in [0, 0.05) is 25.2 Å². The van der Waals surface area contributed by atoms with Crippen molar-refractivity contribution >= 4 is 22.0 Å². The third-order valence-corrected chi connectivity index (χ3v) is 4.76. The monoisotopic (exact) mass is 376 g/mol. The normalized spacial score (nSPS) is 17.5. The van der Waals surface area contributed by atoms with Crippen molar-refractivity contribution in [2.24, 2.45) is 10.9 Å². The highest BCUT2D eigenvalue weighted by atomic mass is 32.2. The molecule has 25 heavy (non-hydrogen) atoms.